The minimum atomic E-state index is -3.82. The lowest BCUT2D eigenvalue weighted by atomic mass is 10.6. The van der Waals surface area contributed by atoms with Crippen LogP contribution >= 0.6 is 11.6 Å². The second-order valence-electron chi connectivity index (χ2n) is 3.08. The molecule has 8 nitrogen and oxygen atoms in total. The monoisotopic (exact) mass is 289 g/mol. The van der Waals surface area contributed by atoms with Crippen molar-refractivity contribution in [3.05, 3.63) is 23.7 Å². The zero-order valence-electron chi connectivity index (χ0n) is 9.08. The van der Waals surface area contributed by atoms with Crippen molar-refractivity contribution < 1.29 is 13.2 Å². The number of sulfonamides is 1. The Kier molecular flexibility index (Phi) is 3.34. The minimum Gasteiger partial charge on any atom is -0.481 e. The maximum absolute atomic E-state index is 11.8. The zero-order chi connectivity index (χ0) is 13.2. The second kappa shape index (κ2) is 4.78. The molecular formula is C8H8ClN5O3S. The lowest BCUT2D eigenvalue weighted by Crippen LogP contribution is -2.15. The van der Waals surface area contributed by atoms with Crippen molar-refractivity contribution in [3.63, 3.8) is 0 Å². The summed E-state index contributed by atoms with van der Waals surface area (Å²) in [7, 11) is -2.44. The molecule has 96 valence electrons. The van der Waals surface area contributed by atoms with Gasteiger partial charge in [0.2, 0.25) is 11.8 Å². The third-order valence-corrected chi connectivity index (χ3v) is 3.32. The van der Waals surface area contributed by atoms with Crippen molar-refractivity contribution in [2.45, 2.75) is 5.03 Å². The topological polar surface area (TPSA) is 110 Å². The summed E-state index contributed by atoms with van der Waals surface area (Å²) >= 11 is 5.70. The molecule has 0 saturated heterocycles. The number of nitrogens with one attached hydrogen (secondary N) is 2. The molecule has 2 aromatic rings. The van der Waals surface area contributed by atoms with Crippen LogP contribution in [0.15, 0.2) is 23.6 Å². The van der Waals surface area contributed by atoms with E-state index in [1.54, 1.807) is 0 Å². The van der Waals surface area contributed by atoms with E-state index in [4.69, 9.17) is 16.3 Å². The molecular weight excluding hydrogens is 282 g/mol. The van der Waals surface area contributed by atoms with E-state index in [2.05, 4.69) is 24.7 Å². The summed E-state index contributed by atoms with van der Waals surface area (Å²) in [5.41, 5.74) is 0. The molecule has 0 aliphatic heterocycles. The SMILES string of the molecule is COc1cc(Cl)nc(NS(=O)(=O)c2cnc[nH]2)n1. The highest BCUT2D eigenvalue weighted by Gasteiger charge is 2.17. The summed E-state index contributed by atoms with van der Waals surface area (Å²) in [5, 5.41) is -0.0470. The number of imidazole rings is 1. The summed E-state index contributed by atoms with van der Waals surface area (Å²) in [6.45, 7) is 0. The number of ether oxygens (including phenoxy) is 1. The van der Waals surface area contributed by atoms with E-state index >= 15 is 0 Å². The lowest BCUT2D eigenvalue weighted by molar-refractivity contribution is 0.397. The molecule has 10 heteroatoms. The highest BCUT2D eigenvalue weighted by atomic mass is 35.5. The van der Waals surface area contributed by atoms with Crippen LogP contribution in [0, 0.1) is 0 Å². The molecule has 2 aromatic heterocycles. The highest BCUT2D eigenvalue weighted by molar-refractivity contribution is 7.92. The van der Waals surface area contributed by atoms with Gasteiger partial charge in [0, 0.05) is 6.07 Å². The van der Waals surface area contributed by atoms with Gasteiger partial charge < -0.3 is 9.72 Å². The second-order valence-corrected chi connectivity index (χ2v) is 5.12. The molecule has 0 radical (unpaired) electrons. The molecule has 0 fully saturated rings. The summed E-state index contributed by atoms with van der Waals surface area (Å²) in [4.78, 5) is 13.6. The van der Waals surface area contributed by atoms with Gasteiger partial charge in [-0.2, -0.15) is 13.4 Å². The Hall–Kier alpha value is -1.87. The van der Waals surface area contributed by atoms with Crippen LogP contribution in [0.2, 0.25) is 5.15 Å². The number of methoxy groups -OCH3 is 1. The molecule has 2 rings (SSSR count). The average Bonchev–Trinajstić information content (AvgIpc) is 2.81. The molecule has 0 unspecified atom stereocenters. The van der Waals surface area contributed by atoms with Crippen molar-refractivity contribution in [1.82, 2.24) is 19.9 Å². The Morgan fingerprint density at radius 2 is 2.22 bits per heavy atom. The fourth-order valence-corrected chi connectivity index (χ4v) is 2.13. The molecule has 18 heavy (non-hydrogen) atoms. The molecule has 2 heterocycles. The number of rotatable bonds is 4. The van der Waals surface area contributed by atoms with Crippen LogP contribution in [0.4, 0.5) is 5.95 Å². The quantitative estimate of drug-likeness (QED) is 0.800. The Morgan fingerprint density at radius 1 is 1.44 bits per heavy atom. The van der Waals surface area contributed by atoms with E-state index < -0.39 is 10.0 Å². The molecule has 0 bridgehead atoms. The average molecular weight is 290 g/mol. The van der Waals surface area contributed by atoms with E-state index in [1.807, 2.05) is 0 Å². The van der Waals surface area contributed by atoms with Crippen molar-refractivity contribution in [2.24, 2.45) is 0 Å². The summed E-state index contributed by atoms with van der Waals surface area (Å²) in [5.74, 6) is -0.0359. The maximum atomic E-state index is 11.8. The largest absolute Gasteiger partial charge is 0.481 e. The molecule has 0 atom stereocenters. The molecule has 0 spiro atoms. The van der Waals surface area contributed by atoms with Gasteiger partial charge in [0.25, 0.3) is 10.0 Å². The predicted molar refractivity (Wildman–Crippen MR) is 63.0 cm³/mol. The van der Waals surface area contributed by atoms with Crippen LogP contribution in [0.25, 0.3) is 0 Å². The molecule has 0 aliphatic rings. The molecule has 0 aromatic carbocycles. The van der Waals surface area contributed by atoms with Crippen molar-refractivity contribution in [1.29, 1.82) is 0 Å². The normalized spacial score (nSPS) is 11.2. The standard InChI is InChI=1S/C8H8ClN5O3S/c1-17-6-2-5(9)12-8(13-6)14-18(15,16)7-3-10-4-11-7/h2-4H,1H3,(H,10,11)(H,12,13,14). The van der Waals surface area contributed by atoms with Crippen molar-refractivity contribution >= 4 is 27.6 Å². The maximum Gasteiger partial charge on any atom is 0.281 e. The number of hydrogen-bond acceptors (Lipinski definition) is 6. The Balaban J connectivity index is 2.32. The van der Waals surface area contributed by atoms with Gasteiger partial charge in [0.1, 0.15) is 5.15 Å². The third-order valence-electron chi connectivity index (χ3n) is 1.87. The first-order valence-electron chi connectivity index (χ1n) is 4.61. The number of nitrogens with zero attached hydrogens (tertiary/aromatic N) is 3. The van der Waals surface area contributed by atoms with Crippen LogP contribution in [0.5, 0.6) is 5.88 Å². The van der Waals surface area contributed by atoms with Crippen LogP contribution in [0.3, 0.4) is 0 Å². The van der Waals surface area contributed by atoms with E-state index in [-0.39, 0.29) is 22.0 Å². The Labute approximate surface area is 107 Å². The van der Waals surface area contributed by atoms with E-state index in [9.17, 15) is 8.42 Å². The van der Waals surface area contributed by atoms with Crippen LogP contribution in [-0.4, -0.2) is 35.5 Å². The van der Waals surface area contributed by atoms with Gasteiger partial charge in [0.05, 0.1) is 19.6 Å². The van der Waals surface area contributed by atoms with Gasteiger partial charge in [-0.05, 0) is 0 Å². The molecule has 0 saturated carbocycles. The summed E-state index contributed by atoms with van der Waals surface area (Å²) < 4.78 is 30.7. The van der Waals surface area contributed by atoms with Crippen molar-refractivity contribution in [3.8, 4) is 5.88 Å². The number of aromatic amines is 1. The zero-order valence-corrected chi connectivity index (χ0v) is 10.7. The summed E-state index contributed by atoms with van der Waals surface area (Å²) in [6.07, 6.45) is 2.40. The predicted octanol–water partition coefficient (Wildman–Crippen LogP) is 0.662. The van der Waals surface area contributed by atoms with Crippen molar-refractivity contribution in [2.75, 3.05) is 11.8 Å². The van der Waals surface area contributed by atoms with Gasteiger partial charge in [-0.3, -0.25) is 0 Å². The summed E-state index contributed by atoms with van der Waals surface area (Å²) in [6, 6.07) is 1.36. The van der Waals surface area contributed by atoms with Gasteiger partial charge >= 0.3 is 0 Å². The fraction of sp³-hybridized carbons (Fsp3) is 0.125. The van der Waals surface area contributed by atoms with Gasteiger partial charge in [-0.25, -0.2) is 14.7 Å². The first-order valence-corrected chi connectivity index (χ1v) is 6.47. The fourth-order valence-electron chi connectivity index (χ4n) is 1.11. The van der Waals surface area contributed by atoms with E-state index in [0.717, 1.165) is 6.20 Å². The molecule has 0 aliphatic carbocycles. The smallest absolute Gasteiger partial charge is 0.281 e. The highest BCUT2D eigenvalue weighted by Crippen LogP contribution is 2.17. The number of hydrogen-bond donors (Lipinski definition) is 2. The Morgan fingerprint density at radius 3 is 2.83 bits per heavy atom. The Bertz CT molecular complexity index is 643. The van der Waals surface area contributed by atoms with Gasteiger partial charge in [-0.1, -0.05) is 11.6 Å². The third kappa shape index (κ3) is 2.68. The molecule has 2 N–H and O–H groups in total. The minimum absolute atomic E-state index is 0.0594. The number of anilines is 1. The van der Waals surface area contributed by atoms with Crippen LogP contribution < -0.4 is 9.46 Å². The number of H-pyrrole nitrogens is 1. The van der Waals surface area contributed by atoms with Crippen LogP contribution in [-0.2, 0) is 10.0 Å². The first-order chi connectivity index (χ1) is 8.51. The number of halogens is 1. The van der Waals surface area contributed by atoms with E-state index in [1.165, 1.54) is 19.5 Å². The number of aromatic nitrogens is 4. The van der Waals surface area contributed by atoms with Gasteiger partial charge in [-0.15, -0.1) is 0 Å². The van der Waals surface area contributed by atoms with Crippen LogP contribution in [0.1, 0.15) is 0 Å². The first kappa shape index (κ1) is 12.6. The van der Waals surface area contributed by atoms with Gasteiger partial charge in [0.15, 0.2) is 5.03 Å². The van der Waals surface area contributed by atoms with E-state index in [0.29, 0.717) is 0 Å². The molecule has 0 amide bonds. The lowest BCUT2D eigenvalue weighted by Gasteiger charge is -2.06.